The normalized spacial score (nSPS) is 29.3. The third-order valence-corrected chi connectivity index (χ3v) is 4.71. The predicted octanol–water partition coefficient (Wildman–Crippen LogP) is -1.90. The molecule has 1 rings (SSSR count). The van der Waals surface area contributed by atoms with Crippen molar-refractivity contribution in [3.8, 4) is 0 Å². The molecule has 0 aromatic rings. The lowest BCUT2D eigenvalue weighted by Crippen LogP contribution is -2.33. The molecule has 0 N–H and O–H groups in total. The van der Waals surface area contributed by atoms with Crippen LogP contribution in [0.5, 0.6) is 0 Å². The van der Waals surface area contributed by atoms with Crippen LogP contribution >= 0.6 is 0 Å². The third kappa shape index (κ3) is 5.29. The Morgan fingerprint density at radius 2 is 1.18 bits per heavy atom. The summed E-state index contributed by atoms with van der Waals surface area (Å²) in [5.74, 6) is -1.17. The molecule has 1 fully saturated rings. The van der Waals surface area contributed by atoms with Crippen LogP contribution in [-0.4, -0.2) is 61.5 Å². The second-order valence-corrected chi connectivity index (χ2v) is 9.11. The molecule has 1 aliphatic rings. The van der Waals surface area contributed by atoms with Gasteiger partial charge in [-0.15, -0.1) is 0 Å². The lowest BCUT2D eigenvalue weighted by molar-refractivity contribution is 0.102. The molecule has 2 atom stereocenters. The van der Waals surface area contributed by atoms with E-state index < -0.39 is 53.8 Å². The molecule has 0 amide bonds. The van der Waals surface area contributed by atoms with Crippen LogP contribution < -0.4 is 0 Å². The van der Waals surface area contributed by atoms with E-state index in [1.807, 2.05) is 0 Å². The van der Waals surface area contributed by atoms with Crippen LogP contribution in [0.2, 0.25) is 0 Å². The molecule has 11 heteroatoms. The Kier molecular flexibility index (Phi) is 3.89. The fraction of sp³-hybridized carbons (Fsp3) is 1.00. The van der Waals surface area contributed by atoms with Gasteiger partial charge in [0.1, 0.15) is 12.2 Å². The Morgan fingerprint density at radius 1 is 0.882 bits per heavy atom. The monoisotopic (exact) mass is 308 g/mol. The molecule has 0 aromatic carbocycles. The molecule has 1 saturated heterocycles. The Balaban J connectivity index is 2.94. The topological polar surface area (TPSA) is 121 Å². The molecule has 0 saturated carbocycles. The summed E-state index contributed by atoms with van der Waals surface area (Å²) in [4.78, 5) is 0. The lowest BCUT2D eigenvalue weighted by atomic mass is 10.3. The minimum atomic E-state index is -3.89. The van der Waals surface area contributed by atoms with Crippen molar-refractivity contribution in [3.63, 3.8) is 0 Å². The summed E-state index contributed by atoms with van der Waals surface area (Å²) in [6, 6.07) is 0. The highest BCUT2D eigenvalue weighted by molar-refractivity contribution is 7.92. The van der Waals surface area contributed by atoms with Crippen molar-refractivity contribution in [2.24, 2.45) is 0 Å². The Morgan fingerprint density at radius 3 is 1.41 bits per heavy atom. The van der Waals surface area contributed by atoms with Crippen LogP contribution in [0.3, 0.4) is 0 Å². The highest BCUT2D eigenvalue weighted by Crippen LogP contribution is 2.21. The first-order valence-electron chi connectivity index (χ1n) is 4.35. The van der Waals surface area contributed by atoms with Crippen molar-refractivity contribution in [1.82, 2.24) is 0 Å². The van der Waals surface area contributed by atoms with E-state index in [0.717, 1.165) is 12.5 Å². The van der Waals surface area contributed by atoms with Crippen LogP contribution in [-0.2, 0) is 38.4 Å². The summed E-state index contributed by atoms with van der Waals surface area (Å²) in [5.41, 5.74) is 0. The maximum atomic E-state index is 11.3. The summed E-state index contributed by atoms with van der Waals surface area (Å²) in [7, 11) is -11.3. The van der Waals surface area contributed by atoms with Crippen LogP contribution in [0, 0.1) is 0 Å². The van der Waals surface area contributed by atoms with Gasteiger partial charge in [-0.2, -0.15) is 16.8 Å². The quantitative estimate of drug-likeness (QED) is 0.552. The van der Waals surface area contributed by atoms with Crippen LogP contribution in [0.25, 0.3) is 0 Å². The van der Waals surface area contributed by atoms with Gasteiger partial charge in [-0.25, -0.2) is 8.42 Å². The van der Waals surface area contributed by atoms with Gasteiger partial charge in [0.15, 0.2) is 9.84 Å². The zero-order valence-electron chi connectivity index (χ0n) is 9.06. The molecule has 0 unspecified atom stereocenters. The van der Waals surface area contributed by atoms with Gasteiger partial charge in [-0.3, -0.25) is 8.37 Å². The molecule has 1 heterocycles. The third-order valence-electron chi connectivity index (χ3n) is 1.85. The van der Waals surface area contributed by atoms with Crippen molar-refractivity contribution in [3.05, 3.63) is 0 Å². The molecule has 0 aliphatic carbocycles. The van der Waals surface area contributed by atoms with Gasteiger partial charge in [0.2, 0.25) is 0 Å². The van der Waals surface area contributed by atoms with Gasteiger partial charge in [0, 0.05) is 0 Å². The van der Waals surface area contributed by atoms with E-state index in [1.54, 1.807) is 0 Å². The van der Waals surface area contributed by atoms with Crippen molar-refractivity contribution >= 4 is 30.1 Å². The average Bonchev–Trinajstić information content (AvgIpc) is 2.17. The minimum absolute atomic E-state index is 0.583. The molecule has 17 heavy (non-hydrogen) atoms. The molecule has 8 nitrogen and oxygen atoms in total. The largest absolute Gasteiger partial charge is 0.264 e. The Hall–Kier alpha value is -0.230. The Bertz CT molecular complexity index is 535. The van der Waals surface area contributed by atoms with Gasteiger partial charge >= 0.3 is 0 Å². The summed E-state index contributed by atoms with van der Waals surface area (Å²) in [6.45, 7) is 0. The van der Waals surface area contributed by atoms with Crippen LogP contribution in [0.1, 0.15) is 0 Å². The fourth-order valence-corrected chi connectivity index (χ4v) is 4.57. The molecule has 0 radical (unpaired) electrons. The molecule has 0 bridgehead atoms. The molecular weight excluding hydrogens is 296 g/mol. The first kappa shape index (κ1) is 14.8. The predicted molar refractivity (Wildman–Crippen MR) is 58.1 cm³/mol. The zero-order chi connectivity index (χ0) is 13.5. The van der Waals surface area contributed by atoms with Gasteiger partial charge < -0.3 is 0 Å². The molecule has 102 valence electrons. The van der Waals surface area contributed by atoms with E-state index in [4.69, 9.17) is 0 Å². The van der Waals surface area contributed by atoms with Crippen molar-refractivity contribution in [2.75, 3.05) is 24.0 Å². The van der Waals surface area contributed by atoms with E-state index >= 15 is 0 Å². The van der Waals surface area contributed by atoms with Gasteiger partial charge in [0.25, 0.3) is 20.2 Å². The summed E-state index contributed by atoms with van der Waals surface area (Å²) in [6.07, 6.45) is -1.17. The van der Waals surface area contributed by atoms with E-state index in [2.05, 4.69) is 8.37 Å². The highest BCUT2D eigenvalue weighted by atomic mass is 32.2. The van der Waals surface area contributed by atoms with Gasteiger partial charge in [-0.05, 0) is 0 Å². The second-order valence-electron chi connectivity index (χ2n) is 3.75. The number of hydrogen-bond acceptors (Lipinski definition) is 8. The zero-order valence-corrected chi connectivity index (χ0v) is 11.5. The molecule has 0 spiro atoms. The maximum absolute atomic E-state index is 11.3. The van der Waals surface area contributed by atoms with Crippen LogP contribution in [0.4, 0.5) is 0 Å². The smallest absolute Gasteiger partial charge is 0.263 e. The van der Waals surface area contributed by atoms with Crippen molar-refractivity contribution in [2.45, 2.75) is 12.2 Å². The first-order chi connectivity index (χ1) is 7.38. The first-order valence-corrected chi connectivity index (χ1v) is 9.80. The number of hydrogen-bond donors (Lipinski definition) is 0. The van der Waals surface area contributed by atoms with E-state index in [1.165, 1.54) is 0 Å². The van der Waals surface area contributed by atoms with Crippen LogP contribution in [0.15, 0.2) is 0 Å². The van der Waals surface area contributed by atoms with E-state index in [-0.39, 0.29) is 0 Å². The SMILES string of the molecule is CS(=O)(=O)O[C@@H]1CS(=O)(=O)C[C@H]1OS(C)(=O)=O. The lowest BCUT2D eigenvalue weighted by Gasteiger charge is -2.15. The fourth-order valence-electron chi connectivity index (χ4n) is 1.41. The molecule has 1 aliphatic heterocycles. The van der Waals surface area contributed by atoms with Gasteiger partial charge in [-0.1, -0.05) is 0 Å². The average molecular weight is 308 g/mol. The second kappa shape index (κ2) is 4.46. The van der Waals surface area contributed by atoms with Gasteiger partial charge in [0.05, 0.1) is 24.0 Å². The van der Waals surface area contributed by atoms with Crippen molar-refractivity contribution < 1.29 is 33.6 Å². The molecule has 0 aromatic heterocycles. The van der Waals surface area contributed by atoms with E-state index in [9.17, 15) is 25.3 Å². The summed E-state index contributed by atoms with van der Waals surface area (Å²) < 4.78 is 75.1. The maximum Gasteiger partial charge on any atom is 0.264 e. The summed E-state index contributed by atoms with van der Waals surface area (Å²) in [5, 5.41) is 0. The summed E-state index contributed by atoms with van der Waals surface area (Å²) >= 11 is 0. The minimum Gasteiger partial charge on any atom is -0.263 e. The molecular formula is C6H12O8S3. The Labute approximate surface area is 100 Å². The van der Waals surface area contributed by atoms with E-state index in [0.29, 0.717) is 0 Å². The number of sulfone groups is 1. The standard InChI is InChI=1S/C6H12O8S3/c1-15(7,8)13-5-3-17(11,12)4-6(5)14-16(2,9)10/h5-6H,3-4H2,1-2H3/t5-,6-/m1/s1. The number of rotatable bonds is 4. The van der Waals surface area contributed by atoms with Crippen molar-refractivity contribution in [1.29, 1.82) is 0 Å². The highest BCUT2D eigenvalue weighted by Gasteiger charge is 2.43.